The molecule has 40 nitrogen and oxygen atoms in total. The summed E-state index contributed by atoms with van der Waals surface area (Å²) in [4.78, 5) is 223. The van der Waals surface area contributed by atoms with Crippen molar-refractivity contribution in [3.8, 4) is 0 Å². The number of carboxylic acid groups (broad SMARTS) is 1. The molecule has 0 radical (unpaired) electrons. The van der Waals surface area contributed by atoms with Crippen molar-refractivity contribution in [2.75, 3.05) is 92.5 Å². The summed E-state index contributed by atoms with van der Waals surface area (Å²) < 4.78 is 70.0. The number of ether oxygens (including phenoxy) is 15. The molecule has 0 aromatic heterocycles. The molecular formula is C78H130O40. The highest BCUT2D eigenvalue weighted by atomic mass is 16.6. The quantitative estimate of drug-likeness (QED) is 0.0442. The Morgan fingerprint density at radius 3 is 0.653 bits per heavy atom. The molecule has 0 aliphatic heterocycles. The first kappa shape index (κ1) is 122. The zero-order valence-corrected chi connectivity index (χ0v) is 74.0. The highest BCUT2D eigenvalue weighted by molar-refractivity contribution is 5.93. The Labute approximate surface area is 689 Å². The minimum Gasteiger partial charge on any atom is -0.479 e. The molecule has 0 fully saturated rings. The summed E-state index contributed by atoms with van der Waals surface area (Å²) in [6.07, 6.45) is -7.05. The van der Waals surface area contributed by atoms with Crippen LogP contribution >= 0.6 is 0 Å². The molecule has 5 N–H and O–H groups in total. The van der Waals surface area contributed by atoms with Crippen LogP contribution in [0, 0.1) is 37.9 Å². The molecule has 40 heteroatoms. The van der Waals surface area contributed by atoms with Crippen LogP contribution in [0.2, 0.25) is 0 Å². The van der Waals surface area contributed by atoms with Gasteiger partial charge < -0.3 is 96.6 Å². The van der Waals surface area contributed by atoms with Gasteiger partial charge in [-0.1, -0.05) is 125 Å². The molecule has 118 heavy (non-hydrogen) atoms. The van der Waals surface area contributed by atoms with E-state index in [1.54, 1.807) is 159 Å². The summed E-state index contributed by atoms with van der Waals surface area (Å²) in [7, 11) is 0. The van der Waals surface area contributed by atoms with Gasteiger partial charge in [0, 0.05) is 45.7 Å². The Hall–Kier alpha value is -9.64. The van der Waals surface area contributed by atoms with Gasteiger partial charge in [0.25, 0.3) is 0 Å². The van der Waals surface area contributed by atoms with Gasteiger partial charge in [0.15, 0.2) is 117 Å². The van der Waals surface area contributed by atoms with Crippen molar-refractivity contribution in [1.29, 1.82) is 0 Å². The molecule has 682 valence electrons. The predicted molar refractivity (Wildman–Crippen MR) is 410 cm³/mol. The van der Waals surface area contributed by atoms with Crippen LogP contribution in [0.4, 0.5) is 0 Å². The van der Waals surface area contributed by atoms with Gasteiger partial charge >= 0.3 is 83.6 Å². The Morgan fingerprint density at radius 2 is 0.449 bits per heavy atom. The van der Waals surface area contributed by atoms with Crippen molar-refractivity contribution in [2.45, 2.75) is 250 Å². The lowest BCUT2D eigenvalue weighted by Gasteiger charge is -2.21. The molecule has 7 atom stereocenters. The van der Waals surface area contributed by atoms with Crippen molar-refractivity contribution in [3.05, 3.63) is 0 Å². The summed E-state index contributed by atoms with van der Waals surface area (Å²) in [6, 6.07) is 0. The molecule has 0 heterocycles. The third kappa shape index (κ3) is 65.4. The normalized spacial score (nSPS) is 12.8. The van der Waals surface area contributed by atoms with E-state index in [-0.39, 0.29) is 67.7 Å². The minimum absolute atomic E-state index is 0.193. The first-order valence-corrected chi connectivity index (χ1v) is 36.7. The fourth-order valence-electron chi connectivity index (χ4n) is 6.25. The van der Waals surface area contributed by atoms with Crippen LogP contribution in [0.5, 0.6) is 0 Å². The highest BCUT2D eigenvalue weighted by Gasteiger charge is 2.34. The van der Waals surface area contributed by atoms with Gasteiger partial charge in [0.2, 0.25) is 0 Å². The summed E-state index contributed by atoms with van der Waals surface area (Å²) in [6.45, 7) is 43.5. The first-order chi connectivity index (χ1) is 53.3. The van der Waals surface area contributed by atoms with Crippen molar-refractivity contribution in [1.82, 2.24) is 0 Å². The van der Waals surface area contributed by atoms with Crippen LogP contribution in [-0.4, -0.2) is 279 Å². The van der Waals surface area contributed by atoms with Crippen LogP contribution in [0.3, 0.4) is 0 Å². The molecule has 0 aliphatic rings. The second-order valence-corrected chi connectivity index (χ2v) is 32.0. The standard InChI is InChI=1S/2C13H22O6.4C11H18O6.C8H14O4/c1-6-17-7-10(14)18-8-11(15)19-9(2)12(16)13(3,4)5;1-6-17-8-11(15)19-9(2)12(16)18-7-10(14)13(3,4)5;2*1-7(17-9(14)5-12)10(15)16-6-8(13)11(2,3)4;2*1-7(10(15)11(2,3)4)17-9(14)6-16-8(13)5-12;1-5(6(9)10)12-7(11)8(2,3)4/h2*9H,6-8H2,1-5H3;4*7,12H,5-6H2,1-4H3;5H,1-4H3,(H,9,10). The average Bonchev–Trinajstić information content (AvgIpc) is 0.899. The third-order valence-electron chi connectivity index (χ3n) is 13.4. The Bertz CT molecular complexity index is 3120. The van der Waals surface area contributed by atoms with Gasteiger partial charge in [0.05, 0.1) is 5.41 Å². The van der Waals surface area contributed by atoms with Crippen molar-refractivity contribution in [2.24, 2.45) is 37.9 Å². The van der Waals surface area contributed by atoms with E-state index in [0.29, 0.717) is 13.2 Å². The Morgan fingerprint density at radius 1 is 0.237 bits per heavy atom. The molecule has 0 spiro atoms. The first-order valence-electron chi connectivity index (χ1n) is 36.7. The van der Waals surface area contributed by atoms with Gasteiger partial charge in [-0.15, -0.1) is 0 Å². The highest BCUT2D eigenvalue weighted by Crippen LogP contribution is 2.22. The third-order valence-corrected chi connectivity index (χ3v) is 13.4. The van der Waals surface area contributed by atoms with Gasteiger partial charge in [-0.2, -0.15) is 0 Å². The second kappa shape index (κ2) is 59.9. The van der Waals surface area contributed by atoms with Gasteiger partial charge in [-0.3, -0.25) is 33.6 Å². The Balaban J connectivity index is -0.000000244. The molecule has 0 bridgehead atoms. The number of carbonyl (C=O) groups is 20. The van der Waals surface area contributed by atoms with Crippen molar-refractivity contribution >= 4 is 118 Å². The van der Waals surface area contributed by atoms with E-state index in [2.05, 4.69) is 28.4 Å². The number of aliphatic hydroxyl groups excluding tert-OH is 4. The number of ketones is 6. The number of rotatable bonds is 36. The van der Waals surface area contributed by atoms with Crippen LogP contribution in [0.15, 0.2) is 0 Å². The second-order valence-electron chi connectivity index (χ2n) is 32.0. The monoisotopic (exact) mass is 1710 g/mol. The van der Waals surface area contributed by atoms with Crippen molar-refractivity contribution in [3.63, 3.8) is 0 Å². The van der Waals surface area contributed by atoms with Gasteiger partial charge in [-0.05, 0) is 83.1 Å². The number of aliphatic hydroxyl groups is 4. The summed E-state index contributed by atoms with van der Waals surface area (Å²) in [5, 5.41) is 41.9. The van der Waals surface area contributed by atoms with Crippen LogP contribution in [-0.2, 0) is 167 Å². The Kier molecular flexibility index (Phi) is 61.7. The number of esters is 13. The lowest BCUT2D eigenvalue weighted by molar-refractivity contribution is -0.170. The maximum atomic E-state index is 11.8. The van der Waals surface area contributed by atoms with E-state index in [0.717, 1.165) is 0 Å². The lowest BCUT2D eigenvalue weighted by atomic mass is 9.88. The van der Waals surface area contributed by atoms with E-state index < -0.39 is 210 Å². The van der Waals surface area contributed by atoms with Crippen LogP contribution in [0.1, 0.15) is 208 Å². The maximum Gasteiger partial charge on any atom is 0.347 e. The molecule has 7 unspecified atom stereocenters. The number of aliphatic carboxylic acids is 1. The van der Waals surface area contributed by atoms with E-state index in [9.17, 15) is 95.9 Å². The number of hydrogen-bond donors (Lipinski definition) is 5. The SMILES string of the molecule is CC(OC(=O)C(C)(C)C)C(=O)O.CC(OC(=O)CO)C(=O)OCC(=O)C(C)(C)C.CC(OC(=O)CO)C(=O)OCC(=O)C(C)(C)C.CC(OC(=O)COC(=O)CO)C(=O)C(C)(C)C.CC(OC(=O)COC(=O)CO)C(=O)C(C)(C)C.CCOCC(=O)OC(C)C(=O)OCC(=O)C(C)(C)C.CCOCC(=O)OCC(=O)OC(C)C(=O)C(C)(C)C. The molecule has 0 saturated carbocycles. The fourth-order valence-corrected chi connectivity index (χ4v) is 6.25. The van der Waals surface area contributed by atoms with Gasteiger partial charge in [0.1, 0.15) is 39.6 Å². The summed E-state index contributed by atoms with van der Waals surface area (Å²) >= 11 is 0. The van der Waals surface area contributed by atoms with E-state index in [4.69, 9.17) is 68.2 Å². The smallest absolute Gasteiger partial charge is 0.347 e. The van der Waals surface area contributed by atoms with E-state index in [1.165, 1.54) is 48.5 Å². The van der Waals surface area contributed by atoms with E-state index in [1.807, 2.05) is 0 Å². The minimum atomic E-state index is -1.14. The number of hydrogen-bond acceptors (Lipinski definition) is 39. The molecule has 0 amide bonds. The lowest BCUT2D eigenvalue weighted by Crippen LogP contribution is -2.35. The zero-order chi connectivity index (χ0) is 94.6. The average molecular weight is 1710 g/mol. The van der Waals surface area contributed by atoms with Crippen molar-refractivity contribution < 1.29 is 192 Å². The topological polar surface area (TPSA) is 581 Å². The number of carbonyl (C=O) groups excluding carboxylic acids is 19. The zero-order valence-electron chi connectivity index (χ0n) is 74.0. The fraction of sp³-hybridized carbons (Fsp3) is 0.744. The van der Waals surface area contributed by atoms with E-state index >= 15 is 0 Å². The summed E-state index contributed by atoms with van der Waals surface area (Å²) in [5.74, 6) is -12.7. The molecule has 0 aromatic rings. The molecule has 0 aromatic carbocycles. The molecular weight excluding hydrogens is 1580 g/mol. The molecule has 0 aliphatic carbocycles. The predicted octanol–water partition coefficient (Wildman–Crippen LogP) is 3.55. The molecule has 0 saturated heterocycles. The largest absolute Gasteiger partial charge is 0.479 e. The number of carboxylic acids is 1. The van der Waals surface area contributed by atoms with Crippen LogP contribution < -0.4 is 0 Å². The molecule has 0 rings (SSSR count). The maximum absolute atomic E-state index is 11.8. The van der Waals surface area contributed by atoms with Crippen LogP contribution in [0.25, 0.3) is 0 Å². The van der Waals surface area contributed by atoms with Gasteiger partial charge in [-0.25, -0.2) is 62.3 Å². The number of Topliss-reactive ketones (excluding diaryl/α,β-unsaturated/α-hetero) is 6. The summed E-state index contributed by atoms with van der Waals surface area (Å²) in [5.41, 5.74) is -4.22.